The van der Waals surface area contributed by atoms with Crippen LogP contribution < -0.4 is 0 Å². The zero-order valence-corrected chi connectivity index (χ0v) is 7.17. The highest BCUT2D eigenvalue weighted by Crippen LogP contribution is 2.33. The summed E-state index contributed by atoms with van der Waals surface area (Å²) in [4.78, 5) is 0. The molecule has 2 aliphatic heterocycles. The van der Waals surface area contributed by atoms with E-state index in [9.17, 15) is 0 Å². The second-order valence-electron chi connectivity index (χ2n) is 2.98. The quantitative estimate of drug-likeness (QED) is 0.379. The van der Waals surface area contributed by atoms with Crippen LogP contribution >= 0.6 is 9.03 Å². The van der Waals surface area contributed by atoms with Gasteiger partial charge in [-0.3, -0.25) is 0 Å². The van der Waals surface area contributed by atoms with Crippen molar-refractivity contribution in [3.05, 3.63) is 0 Å². The molecule has 0 atom stereocenters. The van der Waals surface area contributed by atoms with Gasteiger partial charge >= 0.3 is 7.69 Å². The summed E-state index contributed by atoms with van der Waals surface area (Å²) in [6.45, 7) is 2.78. The van der Waals surface area contributed by atoms with Crippen molar-refractivity contribution in [2.45, 2.75) is 0 Å². The molecule has 1 spiro atoms. The molecule has 11 heavy (non-hydrogen) atoms. The molecule has 2 fully saturated rings. The maximum Gasteiger partial charge on any atom is 0.438 e. The van der Waals surface area contributed by atoms with Crippen LogP contribution in [0.25, 0.3) is 0 Å². The summed E-state index contributed by atoms with van der Waals surface area (Å²) in [5, 5.41) is 0. The van der Waals surface area contributed by atoms with Gasteiger partial charge in [0.1, 0.15) is 0 Å². The SMILES string of the molecule is B1OCC2(CO1)COPOC2. The van der Waals surface area contributed by atoms with E-state index in [2.05, 4.69) is 0 Å². The Kier molecular flexibility index (Phi) is 2.44. The smallest absolute Gasteiger partial charge is 0.413 e. The maximum atomic E-state index is 5.21. The average Bonchev–Trinajstić information content (AvgIpc) is 2.07. The first-order chi connectivity index (χ1) is 5.41. The largest absolute Gasteiger partial charge is 0.438 e. The molecule has 0 bridgehead atoms. The lowest BCUT2D eigenvalue weighted by Crippen LogP contribution is -2.46. The number of hydrogen-bond donors (Lipinski definition) is 0. The monoisotopic (exact) mass is 176 g/mol. The molecule has 2 heterocycles. The van der Waals surface area contributed by atoms with E-state index in [1.165, 1.54) is 0 Å². The highest BCUT2D eigenvalue weighted by molar-refractivity contribution is 7.26. The standard InChI is InChI=1S/C5H10BO4P/c1-5(2-8-6-7-1)3-9-11-10-4-5/h6,11H,1-4H2. The van der Waals surface area contributed by atoms with E-state index in [0.717, 1.165) is 0 Å². The second kappa shape index (κ2) is 3.38. The van der Waals surface area contributed by atoms with E-state index in [1.807, 2.05) is 0 Å². The summed E-state index contributed by atoms with van der Waals surface area (Å²) in [5.74, 6) is 0. The van der Waals surface area contributed by atoms with Crippen molar-refractivity contribution in [3.8, 4) is 0 Å². The van der Waals surface area contributed by atoms with E-state index in [-0.39, 0.29) is 14.4 Å². The fourth-order valence-electron chi connectivity index (χ4n) is 1.23. The predicted octanol–water partition coefficient (Wildman–Crippen LogP) is -0.159. The Morgan fingerprint density at radius 3 is 2.27 bits per heavy atom. The zero-order valence-electron chi connectivity index (χ0n) is 6.17. The first kappa shape index (κ1) is 7.96. The van der Waals surface area contributed by atoms with Gasteiger partial charge in [0.15, 0.2) is 9.03 Å². The van der Waals surface area contributed by atoms with Gasteiger partial charge < -0.3 is 18.4 Å². The third kappa shape index (κ3) is 1.74. The third-order valence-corrected chi connectivity index (χ3v) is 2.38. The summed E-state index contributed by atoms with van der Waals surface area (Å²) in [5.41, 5.74) is -0.0243. The molecule has 0 unspecified atom stereocenters. The predicted molar refractivity (Wildman–Crippen MR) is 41.7 cm³/mol. The molecule has 6 heteroatoms. The first-order valence-electron chi connectivity index (χ1n) is 3.55. The summed E-state index contributed by atoms with van der Waals surface area (Å²) >= 11 is 0. The molecule has 0 aliphatic carbocycles. The van der Waals surface area contributed by atoms with Crippen LogP contribution in [0.5, 0.6) is 0 Å². The molecule has 0 aromatic heterocycles. The van der Waals surface area contributed by atoms with Gasteiger partial charge in [-0.15, -0.1) is 0 Å². The van der Waals surface area contributed by atoms with E-state index in [1.54, 1.807) is 0 Å². The third-order valence-electron chi connectivity index (χ3n) is 1.86. The number of hydrogen-bond acceptors (Lipinski definition) is 4. The van der Waals surface area contributed by atoms with Gasteiger partial charge in [0.05, 0.1) is 18.6 Å². The van der Waals surface area contributed by atoms with Gasteiger partial charge in [0, 0.05) is 13.2 Å². The Bertz CT molecular complexity index is 113. The van der Waals surface area contributed by atoms with Crippen LogP contribution in [0, 0.1) is 5.41 Å². The van der Waals surface area contributed by atoms with E-state index < -0.39 is 0 Å². The van der Waals surface area contributed by atoms with E-state index in [4.69, 9.17) is 18.4 Å². The van der Waals surface area contributed by atoms with Crippen LogP contribution in [0.2, 0.25) is 0 Å². The maximum absolute atomic E-state index is 5.21. The van der Waals surface area contributed by atoms with Gasteiger partial charge in [0.2, 0.25) is 0 Å². The second-order valence-corrected chi connectivity index (χ2v) is 3.72. The lowest BCUT2D eigenvalue weighted by atomic mass is 9.90. The van der Waals surface area contributed by atoms with Gasteiger partial charge in [-0.1, -0.05) is 0 Å². The van der Waals surface area contributed by atoms with E-state index >= 15 is 0 Å². The molecule has 0 aromatic carbocycles. The zero-order chi connectivity index (χ0) is 7.57. The molecular formula is C5H10BO4P. The number of rotatable bonds is 0. The van der Waals surface area contributed by atoms with Crippen LogP contribution in [0.4, 0.5) is 0 Å². The summed E-state index contributed by atoms with van der Waals surface area (Å²) in [6.07, 6.45) is 0. The Labute approximate surface area is 67.8 Å². The van der Waals surface area contributed by atoms with Crippen molar-refractivity contribution in [1.82, 2.24) is 0 Å². The van der Waals surface area contributed by atoms with Crippen LogP contribution in [0.1, 0.15) is 0 Å². The summed E-state index contributed by atoms with van der Waals surface area (Å²) in [6, 6.07) is 0. The minimum atomic E-state index is -0.0243. The van der Waals surface area contributed by atoms with Crippen LogP contribution in [-0.4, -0.2) is 34.1 Å². The lowest BCUT2D eigenvalue weighted by molar-refractivity contribution is -0.0585. The average molecular weight is 176 g/mol. The van der Waals surface area contributed by atoms with Gasteiger partial charge in [-0.05, 0) is 0 Å². The van der Waals surface area contributed by atoms with Crippen molar-refractivity contribution in [1.29, 1.82) is 0 Å². The van der Waals surface area contributed by atoms with Crippen molar-refractivity contribution >= 4 is 16.7 Å². The van der Waals surface area contributed by atoms with Crippen molar-refractivity contribution in [2.75, 3.05) is 26.4 Å². The fraction of sp³-hybridized carbons (Fsp3) is 1.00. The molecule has 0 aromatic rings. The normalized spacial score (nSPS) is 29.8. The van der Waals surface area contributed by atoms with Gasteiger partial charge in [-0.25, -0.2) is 0 Å². The molecule has 62 valence electrons. The lowest BCUT2D eigenvalue weighted by Gasteiger charge is -2.38. The van der Waals surface area contributed by atoms with Crippen LogP contribution in [0.15, 0.2) is 0 Å². The Balaban J connectivity index is 1.94. The topological polar surface area (TPSA) is 36.9 Å². The summed E-state index contributed by atoms with van der Waals surface area (Å²) in [7, 11) is 0.596. The Hall–Kier alpha value is 0.335. The summed E-state index contributed by atoms with van der Waals surface area (Å²) < 4.78 is 20.8. The molecule has 0 amide bonds. The molecule has 2 aliphatic rings. The van der Waals surface area contributed by atoms with Gasteiger partial charge in [-0.2, -0.15) is 0 Å². The molecule has 0 saturated carbocycles. The van der Waals surface area contributed by atoms with Crippen molar-refractivity contribution in [2.24, 2.45) is 5.41 Å². The Morgan fingerprint density at radius 2 is 1.64 bits per heavy atom. The van der Waals surface area contributed by atoms with E-state index in [0.29, 0.717) is 34.1 Å². The van der Waals surface area contributed by atoms with Crippen molar-refractivity contribution < 1.29 is 18.4 Å². The van der Waals surface area contributed by atoms with Gasteiger partial charge in [0.25, 0.3) is 0 Å². The van der Waals surface area contributed by atoms with Crippen LogP contribution in [-0.2, 0) is 18.4 Å². The van der Waals surface area contributed by atoms with Crippen LogP contribution in [0.3, 0.4) is 0 Å². The molecule has 0 radical (unpaired) electrons. The molecule has 2 rings (SSSR count). The first-order valence-corrected chi connectivity index (χ1v) is 4.37. The molecule has 0 N–H and O–H groups in total. The Morgan fingerprint density at radius 1 is 1.00 bits per heavy atom. The fourth-order valence-corrected chi connectivity index (χ4v) is 2.05. The molecule has 4 nitrogen and oxygen atoms in total. The highest BCUT2D eigenvalue weighted by atomic mass is 31.1. The van der Waals surface area contributed by atoms with Crippen molar-refractivity contribution in [3.63, 3.8) is 0 Å². The minimum Gasteiger partial charge on any atom is -0.413 e. The highest BCUT2D eigenvalue weighted by Gasteiger charge is 2.37. The minimum absolute atomic E-state index is 0.0243. The molecular weight excluding hydrogens is 166 g/mol. The molecule has 2 saturated heterocycles.